The van der Waals surface area contributed by atoms with Gasteiger partial charge in [0.1, 0.15) is 37.1 Å². The van der Waals surface area contributed by atoms with Gasteiger partial charge in [-0.25, -0.2) is 9.69 Å². The molecule has 65 heavy (non-hydrogen) atoms. The molecule has 0 spiro atoms. The summed E-state index contributed by atoms with van der Waals surface area (Å²) in [6.45, 7) is 14.8. The van der Waals surface area contributed by atoms with E-state index >= 15 is 0 Å². The average Bonchev–Trinajstić information content (AvgIpc) is 3.36. The maximum atomic E-state index is 7.51. The molecule has 10 rings (SSSR count). The Bertz CT molecular complexity index is 2810. The molecule has 0 saturated heterocycles. The average molecular weight is 1230 g/mol. The molecule has 0 aliphatic heterocycles. The van der Waals surface area contributed by atoms with Crippen molar-refractivity contribution in [1.29, 1.82) is 0 Å². The van der Waals surface area contributed by atoms with Gasteiger partial charge in [0.25, 0.3) is 0 Å². The normalized spacial score (nSPS) is 10.2. The van der Waals surface area contributed by atoms with E-state index in [9.17, 15) is 0 Å². The number of rotatable bonds is 6. The molecule has 0 aliphatic rings. The Morgan fingerprint density at radius 1 is 0.308 bits per heavy atom. The molecule has 0 N–H and O–H groups in total. The Hall–Kier alpha value is -6.32. The van der Waals surface area contributed by atoms with Gasteiger partial charge in [-0.3, -0.25) is 11.8 Å². The molecule has 0 aromatic heterocycles. The van der Waals surface area contributed by atoms with Crippen molar-refractivity contribution in [2.45, 2.75) is 0 Å². The van der Waals surface area contributed by atoms with Gasteiger partial charge < -0.3 is 12.8 Å². The summed E-state index contributed by atoms with van der Waals surface area (Å²) in [7, 11) is -1.69. The molecule has 10 aromatic carbocycles. The van der Waals surface area contributed by atoms with Gasteiger partial charge >= 0.3 is 44.8 Å². The number of hydrogen-bond acceptors (Lipinski definition) is 0. The fourth-order valence-electron chi connectivity index (χ4n) is 8.20. The van der Waals surface area contributed by atoms with Gasteiger partial charge in [-0.05, 0) is 70.1 Å². The van der Waals surface area contributed by atoms with E-state index < -0.39 is 15.8 Å². The van der Waals surface area contributed by atoms with Crippen LogP contribution in [0.1, 0.15) is 11.1 Å². The van der Waals surface area contributed by atoms with E-state index in [-0.39, 0.29) is 44.8 Å². The van der Waals surface area contributed by atoms with Gasteiger partial charge in [-0.2, -0.15) is 0 Å². The third-order valence-electron chi connectivity index (χ3n) is 11.1. The first-order valence-corrected chi connectivity index (χ1v) is 24.0. The molecule has 0 aliphatic carbocycles. The first-order chi connectivity index (χ1) is 31.1. The molecule has 0 amide bonds. The van der Waals surface area contributed by atoms with Crippen LogP contribution in [0, 0.1) is 37.8 Å². The minimum absolute atomic E-state index is 0. The van der Waals surface area contributed by atoms with E-state index in [1.54, 1.807) is 0 Å². The van der Waals surface area contributed by atoms with Gasteiger partial charge in [-0.1, -0.05) is 191 Å². The Labute approximate surface area is 415 Å². The zero-order valence-electron chi connectivity index (χ0n) is 35.0. The topological polar surface area (TPSA) is 8.72 Å². The van der Waals surface area contributed by atoms with Gasteiger partial charge in [0, 0.05) is 0 Å². The van der Waals surface area contributed by atoms with Crippen LogP contribution in [-0.4, -0.2) is 5.90 Å². The summed E-state index contributed by atoms with van der Waals surface area (Å²) in [4.78, 5) is 7.33. The third-order valence-corrected chi connectivity index (χ3v) is 18.1. The van der Waals surface area contributed by atoms with Crippen LogP contribution in [0.2, 0.25) is 0 Å². The minimum atomic E-state index is -0.847. The van der Waals surface area contributed by atoms with E-state index in [2.05, 4.69) is 143 Å². The molecule has 0 bridgehead atoms. The van der Waals surface area contributed by atoms with Crippen LogP contribution in [0.15, 0.2) is 218 Å². The maximum Gasteiger partial charge on any atom is 1.00 e. The summed E-state index contributed by atoms with van der Waals surface area (Å²) >= 11 is 0. The van der Waals surface area contributed by atoms with E-state index in [1.807, 2.05) is 97.1 Å². The molecular weight excluding hydrogens is 1190 g/mol. The second kappa shape index (κ2) is 23.6. The molecule has 316 valence electrons. The van der Waals surface area contributed by atoms with E-state index in [0.717, 1.165) is 54.2 Å². The van der Waals surface area contributed by atoms with Crippen molar-refractivity contribution in [2.75, 3.05) is 5.90 Å². The molecular formula is C59H40Au2N2P2+2. The summed E-state index contributed by atoms with van der Waals surface area (Å²) in [6.07, 6.45) is 15.0. The number of nitrogens with zero attached hydrogens (tertiary/aromatic N) is 2. The van der Waals surface area contributed by atoms with Crippen LogP contribution in [0.25, 0.3) is 52.8 Å². The van der Waals surface area contributed by atoms with Gasteiger partial charge in [-0.15, -0.1) is 11.1 Å². The van der Waals surface area contributed by atoms with Crippen molar-refractivity contribution in [3.63, 3.8) is 0 Å². The molecule has 0 atom stereocenters. The monoisotopic (exact) mass is 1230 g/mol. The second-order valence-corrected chi connectivity index (χ2v) is 20.3. The SMILES string of the molecule is [Au+].[Au+].[C-]#Cc1c2ccccc2c([N+]#[C-])c2ccccc12.[C-]#Cc1c2ccccc2c([N+]#[C-])c2ccccc12.c1ccc([PH+](C[PH+](c2ccccc2)c2ccccc2)c2ccccc2)cc1. The van der Waals surface area contributed by atoms with Crippen molar-refractivity contribution >= 4 is 91.5 Å². The summed E-state index contributed by atoms with van der Waals surface area (Å²) in [5.74, 6) is 6.27. The predicted molar refractivity (Wildman–Crippen MR) is 274 cm³/mol. The fourth-order valence-corrected chi connectivity index (χ4v) is 15.9. The molecule has 2 nitrogen and oxygen atoms in total. The summed E-state index contributed by atoms with van der Waals surface area (Å²) in [6, 6.07) is 75.3. The second-order valence-electron chi connectivity index (χ2n) is 14.7. The van der Waals surface area contributed by atoms with Crippen LogP contribution in [0.5, 0.6) is 0 Å². The molecule has 0 radical (unpaired) electrons. The van der Waals surface area contributed by atoms with Crippen LogP contribution in [0.4, 0.5) is 11.4 Å². The first kappa shape index (κ1) is 48.1. The Kier molecular flexibility index (Phi) is 17.5. The van der Waals surface area contributed by atoms with Crippen LogP contribution < -0.4 is 21.2 Å². The smallest absolute Gasteiger partial charge is 0.366 e. The summed E-state index contributed by atoms with van der Waals surface area (Å²) < 4.78 is 0. The van der Waals surface area contributed by atoms with Crippen LogP contribution >= 0.6 is 15.8 Å². The Balaban J connectivity index is 0.000000164. The van der Waals surface area contributed by atoms with Crippen molar-refractivity contribution in [1.82, 2.24) is 0 Å². The predicted octanol–water partition coefficient (Wildman–Crippen LogP) is 13.6. The number of fused-ring (bicyclic) bond motifs is 4. The summed E-state index contributed by atoms with van der Waals surface area (Å²) in [5, 5.41) is 13.2. The quantitative estimate of drug-likeness (QED) is 0.0516. The van der Waals surface area contributed by atoms with Gasteiger partial charge in [0.15, 0.2) is 17.3 Å². The van der Waals surface area contributed by atoms with E-state index in [4.69, 9.17) is 26.0 Å². The van der Waals surface area contributed by atoms with Crippen LogP contribution in [0.3, 0.4) is 0 Å². The number of hydrogen-bond donors (Lipinski definition) is 0. The minimum Gasteiger partial charge on any atom is -0.366 e. The molecule has 0 heterocycles. The standard InChI is InChI=1S/C25H22P2.2C17H8N.2Au/c1-5-13-22(14-6-1)26(23-15-7-2-8-16-23)21-27(24-17-9-3-10-18-24)25-19-11-4-12-20-25;2*1-3-12-13-8-4-6-10-15(13)17(18-2)16-11-7-5-9-14(12)16;;/h1-20H,21H2;2*4-11H;;/q;2*-1;2*+1/p+2. The Morgan fingerprint density at radius 3 is 0.708 bits per heavy atom. The number of benzene rings is 10. The largest absolute Gasteiger partial charge is 1.00 e. The fraction of sp³-hybridized carbons (Fsp3) is 0.0169. The molecule has 6 heteroatoms. The van der Waals surface area contributed by atoms with Gasteiger partial charge in [0.2, 0.25) is 0 Å². The van der Waals surface area contributed by atoms with E-state index in [0.29, 0.717) is 11.4 Å². The summed E-state index contributed by atoms with van der Waals surface area (Å²) in [5.41, 5.74) is 2.82. The van der Waals surface area contributed by atoms with E-state index in [1.165, 1.54) is 27.1 Å². The van der Waals surface area contributed by atoms with Crippen LogP contribution in [-0.2, 0) is 44.8 Å². The third kappa shape index (κ3) is 10.6. The van der Waals surface area contributed by atoms with Crippen molar-refractivity contribution in [2.24, 2.45) is 0 Å². The zero-order valence-corrected chi connectivity index (χ0v) is 41.3. The van der Waals surface area contributed by atoms with Crippen molar-refractivity contribution in [3.8, 4) is 11.8 Å². The Morgan fingerprint density at radius 2 is 0.508 bits per heavy atom. The molecule has 0 fully saturated rings. The van der Waals surface area contributed by atoms with Gasteiger partial charge in [0.05, 0.1) is 13.1 Å². The maximum absolute atomic E-state index is 7.51. The van der Waals surface area contributed by atoms with Crippen molar-refractivity contribution < 1.29 is 44.8 Å². The molecule has 0 unspecified atom stereocenters. The zero-order chi connectivity index (χ0) is 43.4. The molecule has 10 aromatic rings. The first-order valence-electron chi connectivity index (χ1n) is 20.6. The van der Waals surface area contributed by atoms with Crippen molar-refractivity contribution in [3.05, 3.63) is 265 Å². The molecule has 0 saturated carbocycles.